The van der Waals surface area contributed by atoms with Crippen molar-refractivity contribution >= 4 is 0 Å². The number of hydrogen-bond donors (Lipinski definition) is 0. The van der Waals surface area contributed by atoms with Crippen LogP contribution in [0.15, 0.2) is 16.7 Å². The molecule has 4 rings (SSSR count). The quantitative estimate of drug-likeness (QED) is 0.677. The van der Waals surface area contributed by atoms with Crippen LogP contribution in [0, 0.1) is 16.7 Å². The molecule has 1 saturated carbocycles. The second-order valence-corrected chi connectivity index (χ2v) is 6.71. The van der Waals surface area contributed by atoms with Crippen molar-refractivity contribution in [2.24, 2.45) is 16.7 Å². The first kappa shape index (κ1) is 10.2. The van der Waals surface area contributed by atoms with E-state index in [1.165, 1.54) is 12.0 Å². The van der Waals surface area contributed by atoms with E-state index in [2.05, 4.69) is 33.8 Å². The monoisotopic (exact) mass is 232 g/mol. The average molecular weight is 232 g/mol. The molecule has 0 N–H and O–H groups in total. The van der Waals surface area contributed by atoms with E-state index in [4.69, 9.17) is 9.15 Å². The van der Waals surface area contributed by atoms with E-state index in [9.17, 15) is 0 Å². The zero-order valence-electron chi connectivity index (χ0n) is 11.0. The molecule has 2 fully saturated rings. The molecule has 0 radical (unpaired) electrons. The van der Waals surface area contributed by atoms with Crippen LogP contribution >= 0.6 is 0 Å². The van der Waals surface area contributed by atoms with Gasteiger partial charge >= 0.3 is 0 Å². The van der Waals surface area contributed by atoms with Crippen LogP contribution in [0.2, 0.25) is 0 Å². The SMILES string of the molecule is C[C@@H]1[C@@H]2C[C@@]3(C)[C@H](C)c4ccoc4[C@@H](O2)[C@@]13C. The van der Waals surface area contributed by atoms with Crippen molar-refractivity contribution < 1.29 is 9.15 Å². The molecule has 1 saturated heterocycles. The molecule has 1 aliphatic heterocycles. The lowest BCUT2D eigenvalue weighted by atomic mass is 9.52. The molecule has 1 aromatic rings. The van der Waals surface area contributed by atoms with Gasteiger partial charge in [-0.2, -0.15) is 0 Å². The summed E-state index contributed by atoms with van der Waals surface area (Å²) < 4.78 is 12.0. The molecule has 92 valence electrons. The van der Waals surface area contributed by atoms with Gasteiger partial charge in [0.1, 0.15) is 11.9 Å². The predicted molar refractivity (Wildman–Crippen MR) is 64.7 cm³/mol. The van der Waals surface area contributed by atoms with Crippen LogP contribution in [0.5, 0.6) is 0 Å². The fourth-order valence-electron chi connectivity index (χ4n) is 4.96. The number of ether oxygens (including phenoxy) is 1. The zero-order valence-corrected chi connectivity index (χ0v) is 11.0. The van der Waals surface area contributed by atoms with Gasteiger partial charge in [-0.05, 0) is 35.3 Å². The van der Waals surface area contributed by atoms with Gasteiger partial charge in [0.2, 0.25) is 0 Å². The minimum absolute atomic E-state index is 0.183. The molecule has 0 aromatic carbocycles. The van der Waals surface area contributed by atoms with Crippen LogP contribution in [-0.2, 0) is 4.74 Å². The summed E-state index contributed by atoms with van der Waals surface area (Å²) in [6.45, 7) is 9.59. The highest BCUT2D eigenvalue weighted by Crippen LogP contribution is 2.75. The van der Waals surface area contributed by atoms with Gasteiger partial charge in [-0.25, -0.2) is 0 Å². The van der Waals surface area contributed by atoms with Gasteiger partial charge in [0.25, 0.3) is 0 Å². The van der Waals surface area contributed by atoms with E-state index in [1.807, 2.05) is 6.26 Å². The highest BCUT2D eigenvalue weighted by Gasteiger charge is 2.71. The minimum Gasteiger partial charge on any atom is -0.466 e. The number of furan rings is 1. The Morgan fingerprint density at radius 2 is 2.06 bits per heavy atom. The highest BCUT2D eigenvalue weighted by molar-refractivity contribution is 5.37. The smallest absolute Gasteiger partial charge is 0.136 e. The Bertz CT molecular complexity index is 491. The maximum absolute atomic E-state index is 6.25. The second kappa shape index (κ2) is 2.64. The predicted octanol–water partition coefficient (Wildman–Crippen LogP) is 3.89. The van der Waals surface area contributed by atoms with Crippen molar-refractivity contribution in [3.05, 3.63) is 23.7 Å². The lowest BCUT2D eigenvalue weighted by molar-refractivity contribution is -0.126. The summed E-state index contributed by atoms with van der Waals surface area (Å²) in [5.41, 5.74) is 1.97. The summed E-state index contributed by atoms with van der Waals surface area (Å²) in [5.74, 6) is 2.32. The Hall–Kier alpha value is -0.760. The molecule has 2 heteroatoms. The van der Waals surface area contributed by atoms with Gasteiger partial charge in [0.15, 0.2) is 0 Å². The topological polar surface area (TPSA) is 22.4 Å². The Kier molecular flexibility index (Phi) is 1.58. The Morgan fingerprint density at radius 3 is 2.76 bits per heavy atom. The third-order valence-electron chi connectivity index (χ3n) is 6.60. The third kappa shape index (κ3) is 0.815. The standard InChI is InChI=1S/C15H20O2/c1-8-10-5-6-16-12(10)13-15(4)9(2)11(17-13)7-14(8,15)3/h5-6,8-9,11,13H,7H2,1-4H3/t8-,9-,11+,13-,14+,15-/m1/s1. The molecule has 2 heterocycles. The summed E-state index contributed by atoms with van der Waals surface area (Å²) in [6.07, 6.45) is 3.64. The van der Waals surface area contributed by atoms with Crippen molar-refractivity contribution in [1.29, 1.82) is 0 Å². The Labute approximate surface area is 102 Å². The van der Waals surface area contributed by atoms with E-state index in [0.717, 1.165) is 5.76 Å². The van der Waals surface area contributed by atoms with Crippen molar-refractivity contribution in [3.8, 4) is 0 Å². The van der Waals surface area contributed by atoms with Crippen molar-refractivity contribution in [1.82, 2.24) is 0 Å². The fourth-order valence-corrected chi connectivity index (χ4v) is 4.96. The maximum Gasteiger partial charge on any atom is 0.136 e. The molecule has 6 atom stereocenters. The molecule has 0 spiro atoms. The van der Waals surface area contributed by atoms with Crippen LogP contribution < -0.4 is 0 Å². The average Bonchev–Trinajstić information content (AvgIpc) is 2.90. The first-order valence-electron chi connectivity index (χ1n) is 6.73. The summed E-state index contributed by atoms with van der Waals surface area (Å²) in [6, 6.07) is 2.14. The Balaban J connectivity index is 2.02. The van der Waals surface area contributed by atoms with Crippen molar-refractivity contribution in [3.63, 3.8) is 0 Å². The van der Waals surface area contributed by atoms with Gasteiger partial charge in [0.05, 0.1) is 12.4 Å². The van der Waals surface area contributed by atoms with E-state index < -0.39 is 0 Å². The molecule has 0 amide bonds. The number of fused-ring (bicyclic) bond motifs is 3. The summed E-state index contributed by atoms with van der Waals surface area (Å²) in [4.78, 5) is 0. The molecule has 1 aromatic heterocycles. The van der Waals surface area contributed by atoms with E-state index in [1.54, 1.807) is 0 Å². The first-order valence-corrected chi connectivity index (χ1v) is 6.73. The van der Waals surface area contributed by atoms with Gasteiger partial charge < -0.3 is 9.15 Å². The molecular formula is C15H20O2. The van der Waals surface area contributed by atoms with Crippen molar-refractivity contribution in [2.45, 2.75) is 52.2 Å². The lowest BCUT2D eigenvalue weighted by Gasteiger charge is -2.53. The van der Waals surface area contributed by atoms with Crippen LogP contribution in [0.4, 0.5) is 0 Å². The molecule has 3 aliphatic rings. The van der Waals surface area contributed by atoms with Gasteiger partial charge in [-0.3, -0.25) is 0 Å². The number of rotatable bonds is 0. The molecular weight excluding hydrogens is 212 g/mol. The van der Waals surface area contributed by atoms with E-state index in [0.29, 0.717) is 23.4 Å². The summed E-state index contributed by atoms with van der Waals surface area (Å²) in [7, 11) is 0. The third-order valence-corrected chi connectivity index (χ3v) is 6.60. The van der Waals surface area contributed by atoms with Crippen LogP contribution in [0.3, 0.4) is 0 Å². The number of hydrogen-bond acceptors (Lipinski definition) is 2. The molecule has 2 aliphatic carbocycles. The largest absolute Gasteiger partial charge is 0.466 e. The van der Waals surface area contributed by atoms with Gasteiger partial charge in [-0.1, -0.05) is 27.7 Å². The van der Waals surface area contributed by atoms with Crippen LogP contribution in [0.25, 0.3) is 0 Å². The van der Waals surface area contributed by atoms with E-state index >= 15 is 0 Å². The first-order chi connectivity index (χ1) is 8.00. The Morgan fingerprint density at radius 1 is 1.29 bits per heavy atom. The van der Waals surface area contributed by atoms with E-state index in [-0.39, 0.29) is 11.5 Å². The van der Waals surface area contributed by atoms with Gasteiger partial charge in [0, 0.05) is 5.41 Å². The lowest BCUT2D eigenvalue weighted by Crippen LogP contribution is -2.47. The molecule has 0 unspecified atom stereocenters. The van der Waals surface area contributed by atoms with Gasteiger partial charge in [-0.15, -0.1) is 0 Å². The summed E-state index contributed by atoms with van der Waals surface area (Å²) in [5, 5.41) is 0. The minimum atomic E-state index is 0.183. The highest BCUT2D eigenvalue weighted by atomic mass is 16.5. The van der Waals surface area contributed by atoms with Crippen molar-refractivity contribution in [2.75, 3.05) is 0 Å². The fraction of sp³-hybridized carbons (Fsp3) is 0.733. The molecule has 17 heavy (non-hydrogen) atoms. The summed E-state index contributed by atoms with van der Waals surface area (Å²) >= 11 is 0. The molecule has 2 nitrogen and oxygen atoms in total. The molecule has 2 bridgehead atoms. The normalized spacial score (nSPS) is 55.1. The second-order valence-electron chi connectivity index (χ2n) is 6.71. The maximum atomic E-state index is 6.25. The zero-order chi connectivity index (χ0) is 12.0. The van der Waals surface area contributed by atoms with Crippen LogP contribution in [0.1, 0.15) is 57.5 Å². The van der Waals surface area contributed by atoms with Crippen LogP contribution in [-0.4, -0.2) is 6.10 Å².